The lowest BCUT2D eigenvalue weighted by Crippen LogP contribution is -1.89. The molecule has 0 spiro atoms. The van der Waals surface area contributed by atoms with Crippen LogP contribution in [0, 0.1) is 0 Å². The molecule has 1 unspecified atom stereocenters. The average Bonchev–Trinajstić information content (AvgIpc) is 1.97. The zero-order chi connectivity index (χ0) is 6.69. The van der Waals surface area contributed by atoms with Crippen LogP contribution in [0.3, 0.4) is 0 Å². The molecule has 0 heterocycles. The lowest BCUT2D eigenvalue weighted by atomic mass is 10.1. The maximum absolute atomic E-state index is 3.55. The zero-order valence-electron chi connectivity index (χ0n) is 5.60. The summed E-state index contributed by atoms with van der Waals surface area (Å²) >= 11 is 3.55. The largest absolute Gasteiger partial charge is 0.0845 e. The van der Waals surface area contributed by atoms with Gasteiger partial charge < -0.3 is 0 Å². The number of rotatable bonds is 0. The summed E-state index contributed by atoms with van der Waals surface area (Å²) in [6, 6.07) is 0. The highest BCUT2D eigenvalue weighted by atomic mass is 79.9. The maximum atomic E-state index is 3.55. The highest BCUT2D eigenvalue weighted by molar-refractivity contribution is 9.09. The van der Waals surface area contributed by atoms with Crippen LogP contribution in [0.15, 0.2) is 23.8 Å². The number of halogens is 1. The van der Waals surface area contributed by atoms with Crippen LogP contribution in [0.1, 0.15) is 19.8 Å². The topological polar surface area (TPSA) is 0 Å². The first-order valence-electron chi connectivity index (χ1n) is 3.27. The van der Waals surface area contributed by atoms with E-state index in [1.807, 2.05) is 0 Å². The molecule has 1 aliphatic rings. The standard InChI is InChI=1S/C8H11Br/c1-7-3-2-4-8(9)6-5-7/h2-4,8H,5-6H2,1H3. The Bertz CT molecular complexity index is 145. The lowest BCUT2D eigenvalue weighted by Gasteiger charge is -1.99. The van der Waals surface area contributed by atoms with Gasteiger partial charge in [0.05, 0.1) is 0 Å². The molecule has 0 fully saturated rings. The fraction of sp³-hybridized carbons (Fsp3) is 0.500. The van der Waals surface area contributed by atoms with Crippen molar-refractivity contribution < 1.29 is 0 Å². The molecule has 0 aromatic rings. The monoisotopic (exact) mass is 186 g/mol. The second kappa shape index (κ2) is 3.21. The van der Waals surface area contributed by atoms with Crippen molar-refractivity contribution in [1.82, 2.24) is 0 Å². The molecule has 0 aromatic carbocycles. The SMILES string of the molecule is CC1=CC=CC(Br)CC1. The second-order valence-electron chi connectivity index (χ2n) is 2.45. The summed E-state index contributed by atoms with van der Waals surface area (Å²) in [5.74, 6) is 0. The maximum Gasteiger partial charge on any atom is 0.0331 e. The minimum atomic E-state index is 0.589. The van der Waals surface area contributed by atoms with E-state index in [1.165, 1.54) is 18.4 Å². The molecule has 0 N–H and O–H groups in total. The van der Waals surface area contributed by atoms with E-state index in [-0.39, 0.29) is 0 Å². The fourth-order valence-electron chi connectivity index (χ4n) is 0.886. The molecule has 0 aromatic heterocycles. The van der Waals surface area contributed by atoms with Gasteiger partial charge in [-0.05, 0) is 19.8 Å². The van der Waals surface area contributed by atoms with Crippen molar-refractivity contribution in [2.75, 3.05) is 0 Å². The van der Waals surface area contributed by atoms with Crippen LogP contribution in [0.2, 0.25) is 0 Å². The van der Waals surface area contributed by atoms with Crippen molar-refractivity contribution in [1.29, 1.82) is 0 Å². The number of alkyl halides is 1. The molecule has 0 amide bonds. The second-order valence-corrected chi connectivity index (χ2v) is 3.63. The lowest BCUT2D eigenvalue weighted by molar-refractivity contribution is 0.863. The van der Waals surface area contributed by atoms with E-state index < -0.39 is 0 Å². The molecule has 9 heavy (non-hydrogen) atoms. The number of allylic oxidation sites excluding steroid dienone is 4. The molecule has 1 atom stereocenters. The Kier molecular flexibility index (Phi) is 2.52. The molecule has 0 saturated carbocycles. The first kappa shape index (κ1) is 7.07. The summed E-state index contributed by atoms with van der Waals surface area (Å²) in [6.07, 6.45) is 8.96. The number of hydrogen-bond donors (Lipinski definition) is 0. The van der Waals surface area contributed by atoms with Gasteiger partial charge >= 0.3 is 0 Å². The Hall–Kier alpha value is -0.0400. The highest BCUT2D eigenvalue weighted by Crippen LogP contribution is 2.17. The van der Waals surface area contributed by atoms with E-state index >= 15 is 0 Å². The average molecular weight is 187 g/mol. The summed E-state index contributed by atoms with van der Waals surface area (Å²) in [4.78, 5) is 0.589. The molecular weight excluding hydrogens is 176 g/mol. The van der Waals surface area contributed by atoms with Crippen molar-refractivity contribution in [3.8, 4) is 0 Å². The van der Waals surface area contributed by atoms with Crippen LogP contribution in [-0.2, 0) is 0 Å². The smallest absolute Gasteiger partial charge is 0.0331 e. The van der Waals surface area contributed by atoms with Gasteiger partial charge in [-0.1, -0.05) is 39.7 Å². The molecule has 1 rings (SSSR count). The Morgan fingerprint density at radius 1 is 1.67 bits per heavy atom. The van der Waals surface area contributed by atoms with E-state index in [0.29, 0.717) is 4.83 Å². The summed E-state index contributed by atoms with van der Waals surface area (Å²) in [6.45, 7) is 2.18. The molecule has 0 aliphatic heterocycles. The van der Waals surface area contributed by atoms with Crippen molar-refractivity contribution in [3.05, 3.63) is 23.8 Å². The third-order valence-electron chi connectivity index (χ3n) is 1.52. The van der Waals surface area contributed by atoms with E-state index in [2.05, 4.69) is 41.1 Å². The van der Waals surface area contributed by atoms with Crippen molar-refractivity contribution >= 4 is 15.9 Å². The van der Waals surface area contributed by atoms with Gasteiger partial charge in [-0.2, -0.15) is 0 Å². The first-order chi connectivity index (χ1) is 4.29. The summed E-state index contributed by atoms with van der Waals surface area (Å²) in [7, 11) is 0. The Morgan fingerprint density at radius 3 is 3.22 bits per heavy atom. The summed E-state index contributed by atoms with van der Waals surface area (Å²) in [5, 5.41) is 0. The molecule has 0 nitrogen and oxygen atoms in total. The minimum absolute atomic E-state index is 0.589. The Labute approximate surface area is 64.8 Å². The van der Waals surface area contributed by atoms with E-state index in [1.54, 1.807) is 0 Å². The summed E-state index contributed by atoms with van der Waals surface area (Å²) < 4.78 is 0. The van der Waals surface area contributed by atoms with E-state index in [0.717, 1.165) is 0 Å². The van der Waals surface area contributed by atoms with Crippen molar-refractivity contribution in [3.63, 3.8) is 0 Å². The van der Waals surface area contributed by atoms with E-state index in [4.69, 9.17) is 0 Å². The third kappa shape index (κ3) is 2.35. The van der Waals surface area contributed by atoms with Gasteiger partial charge in [0.25, 0.3) is 0 Å². The molecule has 1 heteroatoms. The van der Waals surface area contributed by atoms with Crippen LogP contribution in [0.5, 0.6) is 0 Å². The van der Waals surface area contributed by atoms with Gasteiger partial charge in [-0.15, -0.1) is 0 Å². The van der Waals surface area contributed by atoms with E-state index in [9.17, 15) is 0 Å². The quantitative estimate of drug-likeness (QED) is 0.511. The predicted molar refractivity (Wildman–Crippen MR) is 44.8 cm³/mol. The van der Waals surface area contributed by atoms with Crippen LogP contribution < -0.4 is 0 Å². The van der Waals surface area contributed by atoms with Crippen molar-refractivity contribution in [2.24, 2.45) is 0 Å². The van der Waals surface area contributed by atoms with Crippen LogP contribution in [-0.4, -0.2) is 4.83 Å². The van der Waals surface area contributed by atoms with Gasteiger partial charge in [0.1, 0.15) is 0 Å². The molecule has 50 valence electrons. The van der Waals surface area contributed by atoms with Crippen molar-refractivity contribution in [2.45, 2.75) is 24.6 Å². The highest BCUT2D eigenvalue weighted by Gasteiger charge is 2.01. The molecule has 0 saturated heterocycles. The van der Waals surface area contributed by atoms with Crippen LogP contribution >= 0.6 is 15.9 Å². The molecule has 0 radical (unpaired) electrons. The first-order valence-corrected chi connectivity index (χ1v) is 4.18. The van der Waals surface area contributed by atoms with Gasteiger partial charge in [-0.25, -0.2) is 0 Å². The van der Waals surface area contributed by atoms with Crippen LogP contribution in [0.4, 0.5) is 0 Å². The van der Waals surface area contributed by atoms with Gasteiger partial charge in [0.15, 0.2) is 0 Å². The molecular formula is C8H11Br. The molecule has 1 aliphatic carbocycles. The fourth-order valence-corrected chi connectivity index (χ4v) is 1.29. The third-order valence-corrected chi connectivity index (χ3v) is 2.28. The molecule has 0 bridgehead atoms. The van der Waals surface area contributed by atoms with Crippen LogP contribution in [0.25, 0.3) is 0 Å². The summed E-state index contributed by atoms with van der Waals surface area (Å²) in [5.41, 5.74) is 1.48. The van der Waals surface area contributed by atoms with Gasteiger partial charge in [-0.3, -0.25) is 0 Å². The minimum Gasteiger partial charge on any atom is -0.0845 e. The normalized spacial score (nSPS) is 27.3. The zero-order valence-corrected chi connectivity index (χ0v) is 7.19. The van der Waals surface area contributed by atoms with Gasteiger partial charge in [0, 0.05) is 4.83 Å². The Balaban J connectivity index is 2.55. The Morgan fingerprint density at radius 2 is 2.44 bits per heavy atom. The predicted octanol–water partition coefficient (Wildman–Crippen LogP) is 3.05. The van der Waals surface area contributed by atoms with Gasteiger partial charge in [0.2, 0.25) is 0 Å². The number of hydrogen-bond acceptors (Lipinski definition) is 0.